The molecule has 0 N–H and O–H groups in total. The molecular formula is C34H37N3O3S2. The van der Waals surface area contributed by atoms with Gasteiger partial charge in [0.25, 0.3) is 0 Å². The number of rotatable bonds is 11. The molecule has 4 aromatic rings. The topological polar surface area (TPSA) is 67.6 Å². The molecule has 0 unspecified atom stereocenters. The monoisotopic (exact) mass is 599 g/mol. The van der Waals surface area contributed by atoms with Crippen molar-refractivity contribution >= 4 is 50.1 Å². The van der Waals surface area contributed by atoms with Gasteiger partial charge in [0, 0.05) is 35.9 Å². The van der Waals surface area contributed by atoms with Gasteiger partial charge in [-0.3, -0.25) is 4.90 Å². The van der Waals surface area contributed by atoms with E-state index < -0.39 is 10.1 Å². The quantitative estimate of drug-likeness (QED) is 0.146. The Morgan fingerprint density at radius 1 is 0.976 bits per heavy atom. The maximum atomic E-state index is 11.4. The predicted octanol–water partition coefficient (Wildman–Crippen LogP) is 6.44. The smallest absolute Gasteiger partial charge is 0.212 e. The second kappa shape index (κ2) is 13.3. The lowest BCUT2D eigenvalue weighted by Gasteiger charge is -2.21. The first kappa shape index (κ1) is 30.0. The number of pyridine rings is 1. The normalized spacial score (nSPS) is 14.7. The Bertz CT molecular complexity index is 1730. The van der Waals surface area contributed by atoms with Gasteiger partial charge in [0.15, 0.2) is 6.20 Å². The molecular weight excluding hydrogens is 563 g/mol. The Labute approximate surface area is 253 Å². The van der Waals surface area contributed by atoms with Crippen LogP contribution in [0.3, 0.4) is 0 Å². The highest BCUT2D eigenvalue weighted by atomic mass is 32.2. The van der Waals surface area contributed by atoms with Crippen LogP contribution in [0.5, 0.6) is 0 Å². The minimum absolute atomic E-state index is 0.261. The highest BCUT2D eigenvalue weighted by Gasteiger charge is 2.25. The van der Waals surface area contributed by atoms with Crippen LogP contribution in [-0.4, -0.2) is 43.3 Å². The van der Waals surface area contributed by atoms with Gasteiger partial charge in [-0.2, -0.15) is 0 Å². The van der Waals surface area contributed by atoms with E-state index in [4.69, 9.17) is 0 Å². The molecule has 218 valence electrons. The first-order chi connectivity index (χ1) is 20.3. The van der Waals surface area contributed by atoms with E-state index in [2.05, 4.69) is 114 Å². The molecule has 0 saturated carbocycles. The lowest BCUT2D eigenvalue weighted by molar-refractivity contribution is -0.644. The van der Waals surface area contributed by atoms with Crippen molar-refractivity contribution in [3.05, 3.63) is 113 Å². The summed E-state index contributed by atoms with van der Waals surface area (Å²) in [6, 6.07) is 27.4. The van der Waals surface area contributed by atoms with Crippen LogP contribution in [0.2, 0.25) is 0 Å². The molecule has 6 nitrogen and oxygen atoms in total. The zero-order valence-electron chi connectivity index (χ0n) is 24.4. The SMILES string of the molecule is CCN(CC)Cc1ccc(C(=Cc2cc[n+](C)c3ccccc23)C=C2Sc3ccccc3N2CCCS(=O)(=O)[O-])cc1. The number of nitrogens with zero attached hydrogens (tertiary/aromatic N) is 3. The standard InChI is InChI=1S/C34H37N3O3S2/c1-4-36(5-2)25-26-15-17-27(18-16-26)29(23-28-19-21-35(3)31-12-7-6-11-30(28)31)24-34-37(20-10-22-42(38,39)40)32-13-8-9-14-33(32)41-34/h6-9,11-19,21,23-24H,4-5,10,20,22,25H2,1-3H3. The van der Waals surface area contributed by atoms with E-state index in [-0.39, 0.29) is 12.2 Å². The zero-order valence-corrected chi connectivity index (χ0v) is 26.0. The fraction of sp³-hybridized carbons (Fsp3) is 0.265. The molecule has 0 bridgehead atoms. The average Bonchev–Trinajstić information content (AvgIpc) is 3.33. The van der Waals surface area contributed by atoms with E-state index in [1.807, 2.05) is 18.2 Å². The van der Waals surface area contributed by atoms with Crippen LogP contribution >= 0.6 is 11.8 Å². The molecule has 0 atom stereocenters. The number of fused-ring (bicyclic) bond motifs is 2. The summed E-state index contributed by atoms with van der Waals surface area (Å²) in [7, 11) is -2.22. The summed E-state index contributed by atoms with van der Waals surface area (Å²) in [6.45, 7) is 7.74. The number of para-hydroxylation sites is 2. The van der Waals surface area contributed by atoms with E-state index in [1.54, 1.807) is 11.8 Å². The predicted molar refractivity (Wildman–Crippen MR) is 173 cm³/mol. The van der Waals surface area contributed by atoms with Crippen LogP contribution < -0.4 is 9.47 Å². The van der Waals surface area contributed by atoms with Gasteiger partial charge in [-0.1, -0.05) is 74.1 Å². The van der Waals surface area contributed by atoms with Gasteiger partial charge in [0.2, 0.25) is 5.52 Å². The Morgan fingerprint density at radius 3 is 2.43 bits per heavy atom. The molecule has 3 aromatic carbocycles. The molecule has 0 aliphatic carbocycles. The number of anilines is 1. The maximum Gasteiger partial charge on any atom is 0.212 e. The fourth-order valence-electron chi connectivity index (χ4n) is 5.32. The number of allylic oxidation sites excluding steroid dienone is 2. The molecule has 1 aliphatic rings. The Balaban J connectivity index is 1.59. The molecule has 0 amide bonds. The van der Waals surface area contributed by atoms with E-state index in [1.165, 1.54) is 5.56 Å². The Hall–Kier alpha value is -3.43. The summed E-state index contributed by atoms with van der Waals surface area (Å²) in [4.78, 5) is 5.65. The van der Waals surface area contributed by atoms with Gasteiger partial charge in [-0.25, -0.2) is 13.0 Å². The van der Waals surface area contributed by atoms with E-state index in [0.717, 1.165) is 62.8 Å². The zero-order chi connectivity index (χ0) is 29.7. The average molecular weight is 600 g/mol. The van der Waals surface area contributed by atoms with Crippen LogP contribution in [-0.2, 0) is 23.7 Å². The van der Waals surface area contributed by atoms with Crippen molar-refractivity contribution in [3.8, 4) is 0 Å². The summed E-state index contributed by atoms with van der Waals surface area (Å²) in [5.74, 6) is -0.382. The van der Waals surface area contributed by atoms with E-state index in [9.17, 15) is 13.0 Å². The number of hydrogen-bond donors (Lipinski definition) is 0. The second-order valence-corrected chi connectivity index (χ2v) is 13.1. The van der Waals surface area contributed by atoms with Crippen LogP contribution in [0, 0.1) is 0 Å². The van der Waals surface area contributed by atoms with Crippen LogP contribution in [0.15, 0.2) is 101 Å². The first-order valence-electron chi connectivity index (χ1n) is 14.4. The molecule has 0 spiro atoms. The summed E-state index contributed by atoms with van der Waals surface area (Å²) in [6.07, 6.45) is 6.77. The van der Waals surface area contributed by atoms with Crippen molar-refractivity contribution in [1.29, 1.82) is 0 Å². The molecule has 5 rings (SSSR count). The lowest BCUT2D eigenvalue weighted by Crippen LogP contribution is -2.28. The van der Waals surface area contributed by atoms with Crippen molar-refractivity contribution in [3.63, 3.8) is 0 Å². The number of aryl methyl sites for hydroxylation is 1. The molecule has 42 heavy (non-hydrogen) atoms. The summed E-state index contributed by atoms with van der Waals surface area (Å²) >= 11 is 1.67. The molecule has 8 heteroatoms. The van der Waals surface area contributed by atoms with Crippen molar-refractivity contribution in [1.82, 2.24) is 4.90 Å². The molecule has 0 radical (unpaired) electrons. The van der Waals surface area contributed by atoms with E-state index in [0.29, 0.717) is 6.54 Å². The van der Waals surface area contributed by atoms with Gasteiger partial charge in [-0.15, -0.1) is 0 Å². The molecule has 0 fully saturated rings. The van der Waals surface area contributed by atoms with Gasteiger partial charge < -0.3 is 9.45 Å². The van der Waals surface area contributed by atoms with Crippen molar-refractivity contribution in [2.45, 2.75) is 31.7 Å². The largest absolute Gasteiger partial charge is 0.748 e. The van der Waals surface area contributed by atoms with Gasteiger partial charge in [0.05, 0.1) is 26.2 Å². The number of hydrogen-bond acceptors (Lipinski definition) is 6. The van der Waals surface area contributed by atoms with Crippen molar-refractivity contribution in [2.75, 3.05) is 30.3 Å². The summed E-state index contributed by atoms with van der Waals surface area (Å²) in [5.41, 5.74) is 6.72. The minimum atomic E-state index is -4.28. The second-order valence-electron chi connectivity index (χ2n) is 10.5. The highest BCUT2D eigenvalue weighted by Crippen LogP contribution is 2.47. The molecule has 1 aromatic heterocycles. The third-order valence-corrected chi connectivity index (χ3v) is 9.56. The number of aromatic nitrogens is 1. The third-order valence-electron chi connectivity index (χ3n) is 7.66. The van der Waals surface area contributed by atoms with Crippen LogP contribution in [0.1, 0.15) is 37.0 Å². The number of thioether (sulfide) groups is 1. The van der Waals surface area contributed by atoms with Gasteiger partial charge in [-0.05, 0) is 72.1 Å². The summed E-state index contributed by atoms with van der Waals surface area (Å²) in [5, 5.41) is 2.17. The Morgan fingerprint density at radius 2 is 1.69 bits per heavy atom. The third kappa shape index (κ3) is 7.13. The van der Waals surface area contributed by atoms with Crippen LogP contribution in [0.25, 0.3) is 22.6 Å². The molecule has 1 aliphatic heterocycles. The van der Waals surface area contributed by atoms with Crippen molar-refractivity contribution < 1.29 is 17.5 Å². The first-order valence-corrected chi connectivity index (χ1v) is 16.8. The lowest BCUT2D eigenvalue weighted by atomic mass is 9.99. The fourth-order valence-corrected chi connectivity index (χ4v) is 6.94. The maximum absolute atomic E-state index is 11.4. The minimum Gasteiger partial charge on any atom is -0.748 e. The number of benzene rings is 3. The highest BCUT2D eigenvalue weighted by molar-refractivity contribution is 8.03. The van der Waals surface area contributed by atoms with E-state index >= 15 is 0 Å². The molecule has 2 heterocycles. The Kier molecular flexibility index (Phi) is 9.48. The summed E-state index contributed by atoms with van der Waals surface area (Å²) < 4.78 is 36.2. The molecule has 0 saturated heterocycles. The van der Waals surface area contributed by atoms with Crippen molar-refractivity contribution in [2.24, 2.45) is 7.05 Å². The van der Waals surface area contributed by atoms with Gasteiger partial charge in [0.1, 0.15) is 7.05 Å². The van der Waals surface area contributed by atoms with Crippen LogP contribution in [0.4, 0.5) is 5.69 Å². The van der Waals surface area contributed by atoms with Gasteiger partial charge >= 0.3 is 0 Å².